The maximum atomic E-state index is 13.1. The largest absolute Gasteiger partial charge is 0.372 e. The van der Waals surface area contributed by atoms with Crippen LogP contribution in [0.15, 0.2) is 47.5 Å². The summed E-state index contributed by atoms with van der Waals surface area (Å²) < 4.78 is 0. The van der Waals surface area contributed by atoms with Crippen LogP contribution in [0.3, 0.4) is 0 Å². The van der Waals surface area contributed by atoms with Crippen molar-refractivity contribution in [1.29, 1.82) is 0 Å². The Morgan fingerprint density at radius 2 is 1.56 bits per heavy atom. The second-order valence-corrected chi connectivity index (χ2v) is 8.77. The monoisotopic (exact) mass is 435 g/mol. The SMILES string of the molecule is CCN(CC)c1ccc(N=C(C(=O)Nc2ccc(C(C)=O)cc2)C(=O)C(C)(C)C)c(C)c1. The maximum absolute atomic E-state index is 13.1. The lowest BCUT2D eigenvalue weighted by Gasteiger charge is -2.22. The molecule has 2 aromatic carbocycles. The predicted octanol–water partition coefficient (Wildman–Crippen LogP) is 5.37. The lowest BCUT2D eigenvalue weighted by Crippen LogP contribution is -2.37. The lowest BCUT2D eigenvalue weighted by atomic mass is 9.87. The minimum Gasteiger partial charge on any atom is -0.372 e. The quantitative estimate of drug-likeness (QED) is 0.343. The number of aryl methyl sites for hydroxylation is 1. The van der Waals surface area contributed by atoms with Crippen molar-refractivity contribution in [3.8, 4) is 0 Å². The number of ketones is 2. The summed E-state index contributed by atoms with van der Waals surface area (Å²) >= 11 is 0. The number of Topliss-reactive ketones (excluding diaryl/α,β-unsaturated/α-hetero) is 2. The van der Waals surface area contributed by atoms with Gasteiger partial charge in [-0.15, -0.1) is 0 Å². The van der Waals surface area contributed by atoms with Crippen LogP contribution < -0.4 is 10.2 Å². The van der Waals surface area contributed by atoms with Gasteiger partial charge in [0.25, 0.3) is 5.91 Å². The molecular weight excluding hydrogens is 402 g/mol. The summed E-state index contributed by atoms with van der Waals surface area (Å²) in [5.41, 5.74) is 2.65. The number of anilines is 2. The molecule has 2 rings (SSSR count). The van der Waals surface area contributed by atoms with Gasteiger partial charge in [0, 0.05) is 35.4 Å². The molecule has 32 heavy (non-hydrogen) atoms. The first-order valence-corrected chi connectivity index (χ1v) is 10.9. The normalized spacial score (nSPS) is 11.8. The Labute approximate surface area is 190 Å². The molecule has 0 spiro atoms. The highest BCUT2D eigenvalue weighted by molar-refractivity contribution is 6.68. The van der Waals surface area contributed by atoms with E-state index in [0.29, 0.717) is 16.9 Å². The predicted molar refractivity (Wildman–Crippen MR) is 131 cm³/mol. The van der Waals surface area contributed by atoms with E-state index in [1.54, 1.807) is 45.0 Å². The zero-order chi connectivity index (χ0) is 24.1. The number of rotatable bonds is 8. The fraction of sp³-hybridized carbons (Fsp3) is 0.385. The van der Waals surface area contributed by atoms with Crippen LogP contribution in [-0.2, 0) is 9.59 Å². The zero-order valence-electron chi connectivity index (χ0n) is 20.1. The molecule has 6 nitrogen and oxygen atoms in total. The molecule has 0 saturated heterocycles. The van der Waals surface area contributed by atoms with E-state index in [2.05, 4.69) is 29.1 Å². The Morgan fingerprint density at radius 3 is 2.03 bits per heavy atom. The third-order valence-corrected chi connectivity index (χ3v) is 5.20. The smallest absolute Gasteiger partial charge is 0.278 e. The third kappa shape index (κ3) is 6.13. The van der Waals surface area contributed by atoms with Crippen molar-refractivity contribution in [2.24, 2.45) is 10.4 Å². The number of nitrogens with zero attached hydrogens (tertiary/aromatic N) is 2. The van der Waals surface area contributed by atoms with Gasteiger partial charge in [0.2, 0.25) is 0 Å². The fourth-order valence-electron chi connectivity index (χ4n) is 3.21. The first-order valence-electron chi connectivity index (χ1n) is 10.9. The van der Waals surface area contributed by atoms with Gasteiger partial charge in [-0.05, 0) is 75.7 Å². The standard InChI is InChI=1S/C26H33N3O3/c1-8-29(9-2)21-14-15-22(17(3)16-21)28-23(24(31)26(5,6)7)25(32)27-20-12-10-19(11-13-20)18(4)30/h10-16H,8-9H2,1-7H3,(H,27,32). The van der Waals surface area contributed by atoms with Crippen LogP contribution in [0.2, 0.25) is 0 Å². The molecule has 2 aromatic rings. The van der Waals surface area contributed by atoms with Gasteiger partial charge in [0.15, 0.2) is 17.3 Å². The number of carbonyl (C=O) groups is 3. The molecule has 0 heterocycles. The summed E-state index contributed by atoms with van der Waals surface area (Å²) in [6, 6.07) is 12.4. The topological polar surface area (TPSA) is 78.8 Å². The van der Waals surface area contributed by atoms with Crippen molar-refractivity contribution in [1.82, 2.24) is 0 Å². The number of hydrogen-bond acceptors (Lipinski definition) is 5. The van der Waals surface area contributed by atoms with Crippen molar-refractivity contribution in [3.63, 3.8) is 0 Å². The average Bonchev–Trinajstić information content (AvgIpc) is 2.73. The van der Waals surface area contributed by atoms with E-state index in [4.69, 9.17) is 0 Å². The van der Waals surface area contributed by atoms with Gasteiger partial charge in [-0.25, -0.2) is 4.99 Å². The number of amides is 1. The molecule has 170 valence electrons. The Morgan fingerprint density at radius 1 is 0.969 bits per heavy atom. The summed E-state index contributed by atoms with van der Waals surface area (Å²) in [6.07, 6.45) is 0. The van der Waals surface area contributed by atoms with Gasteiger partial charge in [-0.3, -0.25) is 14.4 Å². The van der Waals surface area contributed by atoms with Crippen molar-refractivity contribution in [2.45, 2.75) is 48.5 Å². The summed E-state index contributed by atoms with van der Waals surface area (Å²) in [6.45, 7) is 14.6. The third-order valence-electron chi connectivity index (χ3n) is 5.20. The average molecular weight is 436 g/mol. The summed E-state index contributed by atoms with van der Waals surface area (Å²) in [5, 5.41) is 2.74. The zero-order valence-corrected chi connectivity index (χ0v) is 20.1. The van der Waals surface area contributed by atoms with Crippen LogP contribution >= 0.6 is 0 Å². The van der Waals surface area contributed by atoms with Gasteiger partial charge < -0.3 is 10.2 Å². The molecule has 0 unspecified atom stereocenters. The van der Waals surface area contributed by atoms with Gasteiger partial charge in [-0.1, -0.05) is 20.8 Å². The van der Waals surface area contributed by atoms with Crippen LogP contribution in [0, 0.1) is 12.3 Å². The van der Waals surface area contributed by atoms with Gasteiger partial charge in [0.05, 0.1) is 5.69 Å². The molecule has 0 aliphatic rings. The van der Waals surface area contributed by atoms with E-state index in [0.717, 1.165) is 24.3 Å². The van der Waals surface area contributed by atoms with Gasteiger partial charge in [0.1, 0.15) is 0 Å². The highest BCUT2D eigenvalue weighted by Crippen LogP contribution is 2.26. The molecule has 0 atom stereocenters. The summed E-state index contributed by atoms with van der Waals surface area (Å²) in [4.78, 5) is 44.3. The molecule has 0 saturated carbocycles. The van der Waals surface area contributed by atoms with Crippen molar-refractivity contribution >= 4 is 40.2 Å². The summed E-state index contributed by atoms with van der Waals surface area (Å²) in [7, 11) is 0. The highest BCUT2D eigenvalue weighted by atomic mass is 16.2. The minimum atomic E-state index is -0.774. The molecular formula is C26H33N3O3. The number of aliphatic imine (C=N–C) groups is 1. The molecule has 0 bridgehead atoms. The second kappa shape index (κ2) is 10.4. The van der Waals surface area contributed by atoms with Gasteiger partial charge >= 0.3 is 0 Å². The van der Waals surface area contributed by atoms with E-state index in [1.165, 1.54) is 6.92 Å². The van der Waals surface area contributed by atoms with Crippen LogP contribution in [0.4, 0.5) is 17.1 Å². The number of carbonyl (C=O) groups excluding carboxylic acids is 3. The van der Waals surface area contributed by atoms with Crippen molar-refractivity contribution in [2.75, 3.05) is 23.3 Å². The Hall–Kier alpha value is -3.28. The number of nitrogens with one attached hydrogen (secondary N) is 1. The molecule has 6 heteroatoms. The molecule has 0 radical (unpaired) electrons. The molecule has 1 N–H and O–H groups in total. The highest BCUT2D eigenvalue weighted by Gasteiger charge is 2.31. The molecule has 1 amide bonds. The molecule has 0 aromatic heterocycles. The van der Waals surface area contributed by atoms with E-state index in [9.17, 15) is 14.4 Å². The van der Waals surface area contributed by atoms with Crippen LogP contribution in [0.1, 0.15) is 57.5 Å². The first kappa shape index (κ1) is 25.0. The van der Waals surface area contributed by atoms with Crippen LogP contribution in [0.25, 0.3) is 0 Å². The molecule has 0 aliphatic carbocycles. The maximum Gasteiger partial charge on any atom is 0.278 e. The van der Waals surface area contributed by atoms with Crippen LogP contribution in [0.5, 0.6) is 0 Å². The second-order valence-electron chi connectivity index (χ2n) is 8.77. The molecule has 0 fully saturated rings. The minimum absolute atomic E-state index is 0.0586. The first-order chi connectivity index (χ1) is 15.0. The lowest BCUT2D eigenvalue weighted by molar-refractivity contribution is -0.121. The summed E-state index contributed by atoms with van der Waals surface area (Å²) in [5.74, 6) is -0.980. The van der Waals surface area contributed by atoms with E-state index in [1.807, 2.05) is 25.1 Å². The number of hydrogen-bond donors (Lipinski definition) is 1. The Bertz CT molecular complexity index is 1030. The van der Waals surface area contributed by atoms with Crippen molar-refractivity contribution in [3.05, 3.63) is 53.6 Å². The number of benzene rings is 2. The fourth-order valence-corrected chi connectivity index (χ4v) is 3.21. The van der Waals surface area contributed by atoms with E-state index in [-0.39, 0.29) is 17.3 Å². The van der Waals surface area contributed by atoms with E-state index >= 15 is 0 Å². The molecule has 0 aliphatic heterocycles. The van der Waals surface area contributed by atoms with E-state index < -0.39 is 11.3 Å². The Balaban J connectivity index is 2.42. The van der Waals surface area contributed by atoms with Gasteiger partial charge in [-0.2, -0.15) is 0 Å². The van der Waals surface area contributed by atoms with Crippen LogP contribution in [-0.4, -0.2) is 36.3 Å². The van der Waals surface area contributed by atoms with Crippen molar-refractivity contribution < 1.29 is 14.4 Å². The Kier molecular flexibility index (Phi) is 8.08.